The smallest absolute Gasteiger partial charge is 0.306 e. The van der Waals surface area contributed by atoms with Crippen molar-refractivity contribution in [2.75, 3.05) is 12.8 Å². The number of hydrogen-bond donors (Lipinski definition) is 0. The van der Waals surface area contributed by atoms with E-state index in [4.69, 9.17) is 4.18 Å². The van der Waals surface area contributed by atoms with Gasteiger partial charge in [-0.1, -0.05) is 39.8 Å². The molecule has 0 radical (unpaired) electrons. The molecule has 0 aliphatic heterocycles. The van der Waals surface area contributed by atoms with Crippen LogP contribution in [0.15, 0.2) is 24.3 Å². The number of carbonyl (C=O) groups is 1. The van der Waals surface area contributed by atoms with Crippen LogP contribution in [0.4, 0.5) is 0 Å². The van der Waals surface area contributed by atoms with Crippen LogP contribution in [0.1, 0.15) is 39.7 Å². The Balaban J connectivity index is 2.80. The highest BCUT2D eigenvalue weighted by Gasteiger charge is 2.17. The summed E-state index contributed by atoms with van der Waals surface area (Å²) in [5.74, 6) is 0.889. The van der Waals surface area contributed by atoms with Crippen LogP contribution in [0.5, 0.6) is 5.75 Å². The van der Waals surface area contributed by atoms with E-state index in [1.165, 1.54) is 0 Å². The van der Waals surface area contributed by atoms with Crippen molar-refractivity contribution < 1.29 is 17.4 Å². The molecule has 0 aliphatic carbocycles. The van der Waals surface area contributed by atoms with Gasteiger partial charge in [0.05, 0.1) is 6.26 Å². The van der Waals surface area contributed by atoms with Gasteiger partial charge in [0.2, 0.25) is 5.91 Å². The zero-order valence-electron chi connectivity index (χ0n) is 14.6. The second kappa shape index (κ2) is 8.34. The summed E-state index contributed by atoms with van der Waals surface area (Å²) in [6.07, 6.45) is 1.96. The van der Waals surface area contributed by atoms with Crippen LogP contribution < -0.4 is 4.18 Å². The van der Waals surface area contributed by atoms with Crippen LogP contribution in [0.2, 0.25) is 0 Å². The predicted octanol–water partition coefficient (Wildman–Crippen LogP) is 3.06. The molecule has 23 heavy (non-hydrogen) atoms. The lowest BCUT2D eigenvalue weighted by Gasteiger charge is -2.25. The molecule has 1 amide bonds. The molecular weight excluding hydrogens is 314 g/mol. The summed E-state index contributed by atoms with van der Waals surface area (Å²) in [5.41, 5.74) is 0.948. The van der Waals surface area contributed by atoms with Crippen LogP contribution in [-0.2, 0) is 21.5 Å². The maximum absolute atomic E-state index is 12.3. The molecule has 0 bridgehead atoms. The van der Waals surface area contributed by atoms with Crippen LogP contribution in [-0.4, -0.2) is 32.0 Å². The van der Waals surface area contributed by atoms with Gasteiger partial charge in [0.15, 0.2) is 0 Å². The molecule has 0 aromatic heterocycles. The standard InChI is InChI=1S/C17H27NO4S/c1-13(2)10-11-18(17(19)14(3)4)12-15-6-8-16(9-7-15)22-23(5,20)21/h6-9,13-14H,10-12H2,1-5H3. The molecule has 0 saturated carbocycles. The third-order valence-corrected chi connectivity index (χ3v) is 3.82. The lowest BCUT2D eigenvalue weighted by molar-refractivity contribution is -0.135. The highest BCUT2D eigenvalue weighted by Crippen LogP contribution is 2.17. The van der Waals surface area contributed by atoms with E-state index in [0.717, 1.165) is 24.8 Å². The van der Waals surface area contributed by atoms with E-state index in [1.54, 1.807) is 24.3 Å². The van der Waals surface area contributed by atoms with E-state index in [2.05, 4.69) is 13.8 Å². The van der Waals surface area contributed by atoms with Crippen LogP contribution in [0, 0.1) is 11.8 Å². The maximum Gasteiger partial charge on any atom is 0.306 e. The fraction of sp³-hybridized carbons (Fsp3) is 0.588. The molecule has 130 valence electrons. The molecule has 1 aromatic rings. The van der Waals surface area contributed by atoms with Gasteiger partial charge in [-0.15, -0.1) is 0 Å². The number of hydrogen-bond acceptors (Lipinski definition) is 4. The van der Waals surface area contributed by atoms with Crippen molar-refractivity contribution in [1.82, 2.24) is 4.90 Å². The number of rotatable bonds is 8. The minimum Gasteiger partial charge on any atom is -0.383 e. The first-order valence-corrected chi connectivity index (χ1v) is 9.67. The largest absolute Gasteiger partial charge is 0.383 e. The van der Waals surface area contributed by atoms with Crippen molar-refractivity contribution in [3.63, 3.8) is 0 Å². The third-order valence-electron chi connectivity index (χ3n) is 3.33. The first-order chi connectivity index (χ1) is 10.6. The van der Waals surface area contributed by atoms with Gasteiger partial charge in [-0.2, -0.15) is 8.42 Å². The molecule has 0 atom stereocenters. The second-order valence-electron chi connectivity index (χ2n) is 6.53. The Morgan fingerprint density at radius 2 is 1.70 bits per heavy atom. The number of carbonyl (C=O) groups excluding carboxylic acids is 1. The van der Waals surface area contributed by atoms with Gasteiger partial charge in [0, 0.05) is 19.0 Å². The van der Waals surface area contributed by atoms with Crippen LogP contribution in [0.25, 0.3) is 0 Å². The molecule has 0 unspecified atom stereocenters. The van der Waals surface area contributed by atoms with E-state index >= 15 is 0 Å². The molecule has 6 heteroatoms. The summed E-state index contributed by atoms with van der Waals surface area (Å²) in [5, 5.41) is 0. The molecule has 1 rings (SSSR count). The Hall–Kier alpha value is -1.56. The van der Waals surface area contributed by atoms with E-state index in [1.807, 2.05) is 18.7 Å². The topological polar surface area (TPSA) is 63.7 Å². The summed E-state index contributed by atoms with van der Waals surface area (Å²) in [4.78, 5) is 14.2. The summed E-state index contributed by atoms with van der Waals surface area (Å²) in [6, 6.07) is 6.79. The zero-order valence-corrected chi connectivity index (χ0v) is 15.4. The van der Waals surface area contributed by atoms with Crippen molar-refractivity contribution in [2.45, 2.75) is 40.7 Å². The third kappa shape index (κ3) is 7.50. The quantitative estimate of drug-likeness (QED) is 0.682. The highest BCUT2D eigenvalue weighted by atomic mass is 32.2. The Labute approximate surface area is 139 Å². The lowest BCUT2D eigenvalue weighted by Crippen LogP contribution is -2.35. The molecule has 0 saturated heterocycles. The van der Waals surface area contributed by atoms with Crippen molar-refractivity contribution in [3.8, 4) is 5.75 Å². The summed E-state index contributed by atoms with van der Waals surface area (Å²) in [7, 11) is -3.52. The van der Waals surface area contributed by atoms with Gasteiger partial charge < -0.3 is 9.08 Å². The zero-order chi connectivity index (χ0) is 17.6. The minimum absolute atomic E-state index is 0.0463. The molecule has 0 aliphatic rings. The molecule has 5 nitrogen and oxygen atoms in total. The normalized spacial score (nSPS) is 11.8. The Bertz CT molecular complexity index is 606. The summed E-state index contributed by atoms with van der Waals surface area (Å²) < 4.78 is 27.0. The van der Waals surface area contributed by atoms with Crippen molar-refractivity contribution in [2.24, 2.45) is 11.8 Å². The van der Waals surface area contributed by atoms with E-state index < -0.39 is 10.1 Å². The molecule has 0 spiro atoms. The lowest BCUT2D eigenvalue weighted by atomic mass is 10.1. The Kier molecular flexibility index (Phi) is 7.06. The monoisotopic (exact) mass is 341 g/mol. The molecular formula is C17H27NO4S. The Morgan fingerprint density at radius 3 is 2.13 bits per heavy atom. The number of benzene rings is 1. The molecule has 0 N–H and O–H groups in total. The maximum atomic E-state index is 12.3. The van der Waals surface area contributed by atoms with Gasteiger partial charge >= 0.3 is 10.1 Å². The molecule has 1 aromatic carbocycles. The fourth-order valence-corrected chi connectivity index (χ4v) is 2.55. The molecule has 0 fully saturated rings. The van der Waals surface area contributed by atoms with Gasteiger partial charge in [-0.25, -0.2) is 0 Å². The van der Waals surface area contributed by atoms with E-state index in [9.17, 15) is 13.2 Å². The molecule has 0 heterocycles. The summed E-state index contributed by atoms with van der Waals surface area (Å²) >= 11 is 0. The first kappa shape index (κ1) is 19.5. The van der Waals surface area contributed by atoms with Gasteiger partial charge in [-0.3, -0.25) is 4.79 Å². The Morgan fingerprint density at radius 1 is 1.13 bits per heavy atom. The van der Waals surface area contributed by atoms with E-state index in [0.29, 0.717) is 12.5 Å². The van der Waals surface area contributed by atoms with Gasteiger partial charge in [0.25, 0.3) is 0 Å². The van der Waals surface area contributed by atoms with Crippen molar-refractivity contribution >= 4 is 16.0 Å². The predicted molar refractivity (Wildman–Crippen MR) is 91.6 cm³/mol. The average Bonchev–Trinajstić information content (AvgIpc) is 2.42. The first-order valence-electron chi connectivity index (χ1n) is 7.85. The number of nitrogens with zero attached hydrogens (tertiary/aromatic N) is 1. The number of amides is 1. The second-order valence-corrected chi connectivity index (χ2v) is 8.10. The van der Waals surface area contributed by atoms with E-state index in [-0.39, 0.29) is 17.6 Å². The average molecular weight is 341 g/mol. The fourth-order valence-electron chi connectivity index (χ4n) is 2.09. The van der Waals surface area contributed by atoms with Gasteiger partial charge in [0.1, 0.15) is 5.75 Å². The summed E-state index contributed by atoms with van der Waals surface area (Å²) in [6.45, 7) is 9.30. The van der Waals surface area contributed by atoms with Crippen molar-refractivity contribution in [1.29, 1.82) is 0 Å². The van der Waals surface area contributed by atoms with Crippen molar-refractivity contribution in [3.05, 3.63) is 29.8 Å². The van der Waals surface area contributed by atoms with Crippen LogP contribution in [0.3, 0.4) is 0 Å². The van der Waals surface area contributed by atoms with Crippen LogP contribution >= 0.6 is 0 Å². The minimum atomic E-state index is -3.52. The van der Waals surface area contributed by atoms with Gasteiger partial charge in [-0.05, 0) is 30.0 Å². The SMILES string of the molecule is CC(C)CCN(Cc1ccc(OS(C)(=O)=O)cc1)C(=O)C(C)C. The highest BCUT2D eigenvalue weighted by molar-refractivity contribution is 7.86.